The Hall–Kier alpha value is -2.59. The van der Waals surface area contributed by atoms with Crippen LogP contribution in [-0.2, 0) is 6.18 Å². The van der Waals surface area contributed by atoms with E-state index < -0.39 is 23.6 Å². The molecule has 4 rings (SSSR count). The molecule has 0 radical (unpaired) electrons. The van der Waals surface area contributed by atoms with Gasteiger partial charge in [-0.1, -0.05) is 20.8 Å². The Bertz CT molecular complexity index is 937. The van der Waals surface area contributed by atoms with Crippen molar-refractivity contribution >= 4 is 17.6 Å². The minimum Gasteiger partial charge on any atom is -0.465 e. The number of carboxylic acid groups (broad SMARTS) is 1. The van der Waals surface area contributed by atoms with Gasteiger partial charge in [-0.15, -0.1) is 15.3 Å². The second-order valence-corrected chi connectivity index (χ2v) is 8.49. The third-order valence-electron chi connectivity index (χ3n) is 6.03. The molecule has 2 saturated heterocycles. The summed E-state index contributed by atoms with van der Waals surface area (Å²) >= 11 is 0. The lowest BCUT2D eigenvalue weighted by Crippen LogP contribution is -2.68. The molecule has 1 N–H and O–H groups in total. The Morgan fingerprint density at radius 3 is 2.57 bits per heavy atom. The number of amides is 1. The largest absolute Gasteiger partial charge is 0.465 e. The maximum Gasteiger partial charge on any atom is 0.453 e. The molecule has 4 heterocycles. The Morgan fingerprint density at radius 1 is 1.25 bits per heavy atom. The Morgan fingerprint density at radius 2 is 1.96 bits per heavy atom. The number of alkyl halides is 3. The van der Waals surface area contributed by atoms with Crippen LogP contribution in [0.15, 0.2) is 12.1 Å². The molecular formula is C17H21F3N6O2. The summed E-state index contributed by atoms with van der Waals surface area (Å²) in [6.07, 6.45) is -4.22. The molecule has 8 nitrogen and oxygen atoms in total. The average molecular weight is 398 g/mol. The topological polar surface area (TPSA) is 86.9 Å². The molecule has 2 aromatic rings. The summed E-state index contributed by atoms with van der Waals surface area (Å²) in [6.45, 7) is 6.72. The van der Waals surface area contributed by atoms with E-state index in [0.29, 0.717) is 36.3 Å². The van der Waals surface area contributed by atoms with Crippen LogP contribution in [0.4, 0.5) is 23.8 Å². The number of nitrogens with zero attached hydrogens (tertiary/aromatic N) is 6. The zero-order chi connectivity index (χ0) is 20.5. The van der Waals surface area contributed by atoms with Gasteiger partial charge in [0.1, 0.15) is 5.82 Å². The molecule has 0 unspecified atom stereocenters. The summed E-state index contributed by atoms with van der Waals surface area (Å²) in [5.74, 6) is -0.828. The number of carbonyl (C=O) groups is 1. The van der Waals surface area contributed by atoms with Gasteiger partial charge < -0.3 is 10.0 Å². The highest BCUT2D eigenvalue weighted by molar-refractivity contribution is 5.69. The van der Waals surface area contributed by atoms with Gasteiger partial charge in [-0.3, -0.25) is 4.90 Å². The highest BCUT2D eigenvalue weighted by atomic mass is 19.4. The number of anilines is 1. The van der Waals surface area contributed by atoms with Gasteiger partial charge >= 0.3 is 12.3 Å². The van der Waals surface area contributed by atoms with Gasteiger partial charge in [0, 0.05) is 13.1 Å². The van der Waals surface area contributed by atoms with Gasteiger partial charge in [0.25, 0.3) is 5.82 Å². The maximum absolute atomic E-state index is 13.2. The van der Waals surface area contributed by atoms with Gasteiger partial charge in [-0.05, 0) is 30.4 Å². The van der Waals surface area contributed by atoms with Crippen LogP contribution in [0, 0.1) is 5.41 Å². The number of piperazine rings is 1. The van der Waals surface area contributed by atoms with E-state index in [1.54, 1.807) is 11.0 Å². The van der Waals surface area contributed by atoms with Crippen LogP contribution in [0.5, 0.6) is 0 Å². The van der Waals surface area contributed by atoms with E-state index in [1.165, 1.54) is 6.07 Å². The van der Waals surface area contributed by atoms with Crippen LogP contribution < -0.4 is 4.90 Å². The Labute approximate surface area is 158 Å². The van der Waals surface area contributed by atoms with E-state index in [2.05, 4.69) is 15.3 Å². The first-order valence-electron chi connectivity index (χ1n) is 9.01. The third-order valence-corrected chi connectivity index (χ3v) is 6.03. The van der Waals surface area contributed by atoms with Crippen LogP contribution in [0.3, 0.4) is 0 Å². The van der Waals surface area contributed by atoms with Crippen LogP contribution in [0.2, 0.25) is 0 Å². The molecule has 2 bridgehead atoms. The fourth-order valence-corrected chi connectivity index (χ4v) is 4.58. The number of hydrogen-bond donors (Lipinski definition) is 1. The molecule has 0 aromatic carbocycles. The van der Waals surface area contributed by atoms with Crippen LogP contribution in [0.1, 0.15) is 39.4 Å². The molecule has 28 heavy (non-hydrogen) atoms. The summed E-state index contributed by atoms with van der Waals surface area (Å²) < 4.78 is 40.2. The SMILES string of the molecule is CC(C)(C)[C@@]12CC[C@H](CN(c3ccc4nnc(C(F)(F)F)n4n3)C1)N2C(=O)O. The first kappa shape index (κ1) is 18.8. The van der Waals surface area contributed by atoms with Crippen LogP contribution >= 0.6 is 0 Å². The Balaban J connectivity index is 1.76. The second kappa shape index (κ2) is 5.71. The number of fused-ring (bicyclic) bond motifs is 3. The molecule has 2 aromatic heterocycles. The molecule has 0 spiro atoms. The lowest BCUT2D eigenvalue weighted by molar-refractivity contribution is -0.146. The molecule has 2 aliphatic heterocycles. The molecular weight excluding hydrogens is 377 g/mol. The molecule has 0 saturated carbocycles. The highest BCUT2D eigenvalue weighted by Crippen LogP contribution is 2.49. The standard InChI is InChI=1S/C17H21F3N6O2/c1-15(2,3)16-7-6-10(25(16)14(27)28)8-24(9-16)12-5-4-11-21-22-13(17(18,19)20)26(11)23-12/h4-5,10H,6-9H2,1-3H3,(H,27,28)/t10-,16-/m1/s1. The average Bonchev–Trinajstić information content (AvgIpc) is 3.11. The van der Waals surface area contributed by atoms with Crippen molar-refractivity contribution in [1.82, 2.24) is 24.7 Å². The van der Waals surface area contributed by atoms with Crippen molar-refractivity contribution in [1.29, 1.82) is 0 Å². The zero-order valence-electron chi connectivity index (χ0n) is 15.7. The molecule has 2 fully saturated rings. The van der Waals surface area contributed by atoms with Crippen LogP contribution in [0.25, 0.3) is 5.65 Å². The van der Waals surface area contributed by atoms with Crippen molar-refractivity contribution in [2.24, 2.45) is 5.41 Å². The fraction of sp³-hybridized carbons (Fsp3) is 0.647. The lowest BCUT2D eigenvalue weighted by Gasteiger charge is -2.54. The molecule has 0 aliphatic carbocycles. The van der Waals surface area contributed by atoms with Gasteiger partial charge in [0.05, 0.1) is 11.6 Å². The van der Waals surface area contributed by atoms with E-state index >= 15 is 0 Å². The van der Waals surface area contributed by atoms with Crippen molar-refractivity contribution in [2.75, 3.05) is 18.0 Å². The van der Waals surface area contributed by atoms with Crippen molar-refractivity contribution < 1.29 is 23.1 Å². The predicted octanol–water partition coefficient (Wildman–Crippen LogP) is 2.89. The number of rotatable bonds is 1. The van der Waals surface area contributed by atoms with E-state index in [-0.39, 0.29) is 17.1 Å². The summed E-state index contributed by atoms with van der Waals surface area (Å²) in [5.41, 5.74) is -0.983. The van der Waals surface area contributed by atoms with E-state index in [1.807, 2.05) is 25.7 Å². The Kier molecular flexibility index (Phi) is 3.82. The highest BCUT2D eigenvalue weighted by Gasteiger charge is 2.59. The first-order valence-corrected chi connectivity index (χ1v) is 9.01. The number of halogens is 3. The molecule has 11 heteroatoms. The minimum atomic E-state index is -4.67. The second-order valence-electron chi connectivity index (χ2n) is 8.49. The smallest absolute Gasteiger partial charge is 0.453 e. The monoisotopic (exact) mass is 398 g/mol. The lowest BCUT2D eigenvalue weighted by atomic mass is 9.71. The van der Waals surface area contributed by atoms with Gasteiger partial charge in [-0.25, -0.2) is 4.79 Å². The van der Waals surface area contributed by atoms with Crippen molar-refractivity contribution in [3.8, 4) is 0 Å². The van der Waals surface area contributed by atoms with Crippen molar-refractivity contribution in [2.45, 2.75) is 51.4 Å². The van der Waals surface area contributed by atoms with Gasteiger partial charge in [-0.2, -0.15) is 17.7 Å². The summed E-state index contributed by atoms with van der Waals surface area (Å²) in [5, 5.41) is 20.7. The summed E-state index contributed by atoms with van der Waals surface area (Å²) in [4.78, 5) is 15.4. The van der Waals surface area contributed by atoms with Crippen molar-refractivity contribution in [3.05, 3.63) is 18.0 Å². The van der Waals surface area contributed by atoms with Gasteiger partial charge in [0.15, 0.2) is 5.65 Å². The quantitative estimate of drug-likeness (QED) is 0.795. The predicted molar refractivity (Wildman–Crippen MR) is 93.1 cm³/mol. The number of hydrogen-bond acceptors (Lipinski definition) is 5. The summed E-state index contributed by atoms with van der Waals surface area (Å²) in [7, 11) is 0. The van der Waals surface area contributed by atoms with Crippen molar-refractivity contribution in [3.63, 3.8) is 0 Å². The fourth-order valence-electron chi connectivity index (χ4n) is 4.58. The summed E-state index contributed by atoms with van der Waals surface area (Å²) in [6, 6.07) is 2.82. The molecule has 2 aliphatic rings. The van der Waals surface area contributed by atoms with Crippen LogP contribution in [-0.4, -0.2) is 60.6 Å². The number of aromatic nitrogens is 4. The van der Waals surface area contributed by atoms with E-state index in [4.69, 9.17) is 0 Å². The molecule has 1 amide bonds. The normalized spacial score (nSPS) is 25.6. The maximum atomic E-state index is 13.2. The third kappa shape index (κ3) is 2.59. The van der Waals surface area contributed by atoms with E-state index in [9.17, 15) is 23.1 Å². The van der Waals surface area contributed by atoms with Gasteiger partial charge in [0.2, 0.25) is 0 Å². The zero-order valence-corrected chi connectivity index (χ0v) is 15.7. The van der Waals surface area contributed by atoms with E-state index in [0.717, 1.165) is 0 Å². The molecule has 152 valence electrons. The minimum absolute atomic E-state index is 0.00811. The molecule has 2 atom stereocenters. The first-order chi connectivity index (χ1) is 12.9.